The van der Waals surface area contributed by atoms with Crippen molar-refractivity contribution in [3.05, 3.63) is 52.2 Å². The molecule has 2 N–H and O–H groups in total. The number of aliphatic imine (C=N–C) groups is 1. The molecule has 0 fully saturated rings. The van der Waals surface area contributed by atoms with Crippen molar-refractivity contribution >= 4 is 28.8 Å². The highest BCUT2D eigenvalue weighted by molar-refractivity contribution is 7.12. The van der Waals surface area contributed by atoms with Gasteiger partial charge < -0.3 is 10.6 Å². The lowest BCUT2D eigenvalue weighted by Crippen LogP contribution is -2.30. The summed E-state index contributed by atoms with van der Waals surface area (Å²) >= 11 is 1.43. The number of thiophene rings is 1. The van der Waals surface area contributed by atoms with Crippen LogP contribution in [0, 0.1) is 0 Å². The summed E-state index contributed by atoms with van der Waals surface area (Å²) in [5, 5.41) is 8.06. The van der Waals surface area contributed by atoms with Gasteiger partial charge in [-0.2, -0.15) is 0 Å². The maximum Gasteiger partial charge on any atom is 0.265 e. The van der Waals surface area contributed by atoms with Crippen molar-refractivity contribution in [2.45, 2.75) is 6.42 Å². The largest absolute Gasteiger partial charge is 0.370 e. The zero-order valence-corrected chi connectivity index (χ0v) is 11.7. The first kappa shape index (κ1) is 12.9. The molecule has 1 amide bonds. The van der Waals surface area contributed by atoms with Gasteiger partial charge in [-0.15, -0.1) is 11.3 Å². The summed E-state index contributed by atoms with van der Waals surface area (Å²) in [7, 11) is 0. The summed E-state index contributed by atoms with van der Waals surface area (Å²) in [6.45, 7) is 1.84. The van der Waals surface area contributed by atoms with Crippen molar-refractivity contribution in [3.63, 3.8) is 0 Å². The number of hydrogen-bond acceptors (Lipinski definition) is 4. The van der Waals surface area contributed by atoms with Crippen LogP contribution in [0.25, 0.3) is 0 Å². The fraction of sp³-hybridized carbons (Fsp3) is 0.200. The van der Waals surface area contributed by atoms with Crippen LogP contribution >= 0.6 is 11.3 Å². The minimum absolute atomic E-state index is 0.0686. The quantitative estimate of drug-likeness (QED) is 0.911. The van der Waals surface area contributed by atoms with Gasteiger partial charge in [0.25, 0.3) is 5.91 Å². The molecule has 1 aromatic carbocycles. The highest BCUT2D eigenvalue weighted by Crippen LogP contribution is 2.14. The molecule has 2 aromatic rings. The third-order valence-electron chi connectivity index (χ3n) is 3.06. The van der Waals surface area contributed by atoms with Gasteiger partial charge in [-0.1, -0.05) is 6.07 Å². The molecule has 0 saturated heterocycles. The zero-order chi connectivity index (χ0) is 13.8. The Morgan fingerprint density at radius 1 is 1.25 bits per heavy atom. The van der Waals surface area contributed by atoms with Gasteiger partial charge >= 0.3 is 0 Å². The van der Waals surface area contributed by atoms with Crippen molar-refractivity contribution in [2.75, 3.05) is 18.4 Å². The number of nitrogens with zero attached hydrogens (tertiary/aromatic N) is 1. The Morgan fingerprint density at radius 2 is 2.10 bits per heavy atom. The summed E-state index contributed by atoms with van der Waals surface area (Å²) in [5.41, 5.74) is 1.85. The highest BCUT2D eigenvalue weighted by Gasteiger charge is 2.09. The molecule has 102 valence electrons. The SMILES string of the molecule is O=C(Nc1ccc(C2=NCCCN2)cc1)c1cccs1. The normalized spacial score (nSPS) is 14.3. The van der Waals surface area contributed by atoms with Crippen LogP contribution in [-0.2, 0) is 0 Å². The Balaban J connectivity index is 1.70. The maximum absolute atomic E-state index is 11.9. The summed E-state index contributed by atoms with van der Waals surface area (Å²) < 4.78 is 0. The summed E-state index contributed by atoms with van der Waals surface area (Å²) in [6.07, 6.45) is 1.08. The van der Waals surface area contributed by atoms with E-state index in [4.69, 9.17) is 0 Å². The van der Waals surface area contributed by atoms with Gasteiger partial charge in [0.05, 0.1) is 4.88 Å². The number of amidine groups is 1. The standard InChI is InChI=1S/C15H15N3OS/c19-15(13-3-1-10-20-13)18-12-6-4-11(5-7-12)14-16-8-2-9-17-14/h1,3-7,10H,2,8-9H2,(H,16,17)(H,18,19). The molecule has 0 atom stereocenters. The first-order valence-electron chi connectivity index (χ1n) is 6.56. The van der Waals surface area contributed by atoms with E-state index in [9.17, 15) is 4.79 Å². The zero-order valence-electron chi connectivity index (χ0n) is 10.9. The topological polar surface area (TPSA) is 53.5 Å². The van der Waals surface area contributed by atoms with Crippen molar-refractivity contribution in [3.8, 4) is 0 Å². The number of benzene rings is 1. The first-order chi connectivity index (χ1) is 9.83. The molecular weight excluding hydrogens is 270 g/mol. The fourth-order valence-corrected chi connectivity index (χ4v) is 2.66. The molecule has 5 heteroatoms. The van der Waals surface area contributed by atoms with Gasteiger partial charge in [0, 0.05) is 24.3 Å². The molecule has 1 aliphatic heterocycles. The van der Waals surface area contributed by atoms with Gasteiger partial charge in [-0.25, -0.2) is 0 Å². The van der Waals surface area contributed by atoms with Crippen LogP contribution in [0.3, 0.4) is 0 Å². The lowest BCUT2D eigenvalue weighted by molar-refractivity contribution is 0.103. The molecule has 0 unspecified atom stereocenters. The maximum atomic E-state index is 11.9. The van der Waals surface area contributed by atoms with Crippen molar-refractivity contribution in [2.24, 2.45) is 4.99 Å². The number of carbonyl (C=O) groups is 1. The van der Waals surface area contributed by atoms with Crippen LogP contribution in [0.4, 0.5) is 5.69 Å². The minimum atomic E-state index is -0.0686. The van der Waals surface area contributed by atoms with Crippen molar-refractivity contribution in [1.82, 2.24) is 5.32 Å². The van der Waals surface area contributed by atoms with E-state index < -0.39 is 0 Å². The summed E-state index contributed by atoms with van der Waals surface area (Å²) in [5.74, 6) is 0.869. The van der Waals surface area contributed by atoms with E-state index in [2.05, 4.69) is 15.6 Å². The predicted molar refractivity (Wildman–Crippen MR) is 82.7 cm³/mol. The average molecular weight is 285 g/mol. The lowest BCUT2D eigenvalue weighted by atomic mass is 10.1. The second kappa shape index (κ2) is 5.88. The molecule has 0 aliphatic carbocycles. The molecule has 1 aromatic heterocycles. The van der Waals surface area contributed by atoms with E-state index in [1.807, 2.05) is 41.8 Å². The van der Waals surface area contributed by atoms with Gasteiger partial charge in [0.1, 0.15) is 5.84 Å². The van der Waals surface area contributed by atoms with Crippen molar-refractivity contribution < 1.29 is 4.79 Å². The predicted octanol–water partition coefficient (Wildman–Crippen LogP) is 2.74. The fourth-order valence-electron chi connectivity index (χ4n) is 2.04. The third-order valence-corrected chi connectivity index (χ3v) is 3.93. The van der Waals surface area contributed by atoms with E-state index in [0.29, 0.717) is 4.88 Å². The molecule has 0 saturated carbocycles. The smallest absolute Gasteiger partial charge is 0.265 e. The second-order valence-electron chi connectivity index (χ2n) is 4.52. The third kappa shape index (κ3) is 2.88. The van der Waals surface area contributed by atoms with Gasteiger partial charge in [-0.3, -0.25) is 9.79 Å². The number of carbonyl (C=O) groups excluding carboxylic acids is 1. The number of hydrogen-bond donors (Lipinski definition) is 2. The van der Waals surface area contributed by atoms with Crippen LogP contribution in [-0.4, -0.2) is 24.8 Å². The molecule has 2 heterocycles. The van der Waals surface area contributed by atoms with E-state index in [1.165, 1.54) is 11.3 Å². The van der Waals surface area contributed by atoms with Crippen LogP contribution in [0.15, 0.2) is 46.8 Å². The number of amides is 1. The van der Waals surface area contributed by atoms with E-state index >= 15 is 0 Å². The second-order valence-corrected chi connectivity index (χ2v) is 5.47. The molecular formula is C15H15N3OS. The van der Waals surface area contributed by atoms with Gasteiger partial charge in [0.15, 0.2) is 0 Å². The molecule has 1 aliphatic rings. The lowest BCUT2D eigenvalue weighted by Gasteiger charge is -2.14. The minimum Gasteiger partial charge on any atom is -0.370 e. The van der Waals surface area contributed by atoms with E-state index in [1.54, 1.807) is 0 Å². The van der Waals surface area contributed by atoms with Gasteiger partial charge in [0.2, 0.25) is 0 Å². The number of anilines is 1. The number of rotatable bonds is 3. The molecule has 4 nitrogen and oxygen atoms in total. The van der Waals surface area contributed by atoms with Crippen LogP contribution in [0.5, 0.6) is 0 Å². The Labute approximate surface area is 121 Å². The summed E-state index contributed by atoms with van der Waals surface area (Å²) in [4.78, 5) is 17.1. The van der Waals surface area contributed by atoms with Crippen LogP contribution < -0.4 is 10.6 Å². The van der Waals surface area contributed by atoms with E-state index in [0.717, 1.165) is 36.6 Å². The van der Waals surface area contributed by atoms with E-state index in [-0.39, 0.29) is 5.91 Å². The molecule has 0 spiro atoms. The number of nitrogens with one attached hydrogen (secondary N) is 2. The highest BCUT2D eigenvalue weighted by atomic mass is 32.1. The Bertz CT molecular complexity index is 617. The van der Waals surface area contributed by atoms with Crippen molar-refractivity contribution in [1.29, 1.82) is 0 Å². The molecule has 20 heavy (non-hydrogen) atoms. The molecule has 0 bridgehead atoms. The Morgan fingerprint density at radius 3 is 2.75 bits per heavy atom. The molecule has 3 rings (SSSR count). The van der Waals surface area contributed by atoms with Crippen LogP contribution in [0.1, 0.15) is 21.7 Å². The monoisotopic (exact) mass is 285 g/mol. The molecule has 0 radical (unpaired) electrons. The van der Waals surface area contributed by atoms with Gasteiger partial charge in [-0.05, 0) is 42.1 Å². The summed E-state index contributed by atoms with van der Waals surface area (Å²) in [6, 6.07) is 11.4. The van der Waals surface area contributed by atoms with Crippen LogP contribution in [0.2, 0.25) is 0 Å². The Kier molecular flexibility index (Phi) is 3.78. The average Bonchev–Trinajstić information content (AvgIpc) is 3.03. The first-order valence-corrected chi connectivity index (χ1v) is 7.44. The Hall–Kier alpha value is -2.14.